The zero-order chi connectivity index (χ0) is 11.4. The number of hydrazine groups is 1. The molecule has 88 valence electrons. The molecule has 1 fully saturated rings. The van der Waals surface area contributed by atoms with Crippen molar-refractivity contribution in [2.45, 2.75) is 6.42 Å². The standard InChI is InChI=1S/C9H14BrN5O/c10-7-8(13-5-14-9(7)15-11)12-3-6-1-2-16-4-6/h5-6H,1-4,11H2,(H2,12,13,14,15). The summed E-state index contributed by atoms with van der Waals surface area (Å²) in [5.41, 5.74) is 2.50. The minimum Gasteiger partial charge on any atom is -0.381 e. The SMILES string of the molecule is NNc1ncnc(NCC2CCOC2)c1Br. The summed E-state index contributed by atoms with van der Waals surface area (Å²) < 4.78 is 6.05. The first kappa shape index (κ1) is 11.6. The third-order valence-electron chi connectivity index (χ3n) is 2.51. The maximum atomic E-state index is 5.32. The van der Waals surface area contributed by atoms with E-state index in [1.54, 1.807) is 0 Å². The summed E-state index contributed by atoms with van der Waals surface area (Å²) >= 11 is 3.39. The van der Waals surface area contributed by atoms with Gasteiger partial charge in [-0.3, -0.25) is 0 Å². The van der Waals surface area contributed by atoms with Crippen molar-refractivity contribution in [1.29, 1.82) is 0 Å². The Hall–Kier alpha value is -0.920. The Labute approximate surface area is 102 Å². The van der Waals surface area contributed by atoms with E-state index in [-0.39, 0.29) is 0 Å². The third kappa shape index (κ3) is 2.60. The van der Waals surface area contributed by atoms with Crippen LogP contribution in [0.4, 0.5) is 11.6 Å². The maximum absolute atomic E-state index is 5.32. The highest BCUT2D eigenvalue weighted by Gasteiger charge is 2.16. The van der Waals surface area contributed by atoms with Gasteiger partial charge in [0.15, 0.2) is 5.82 Å². The molecule has 1 saturated heterocycles. The van der Waals surface area contributed by atoms with Gasteiger partial charge in [0, 0.05) is 19.1 Å². The molecule has 7 heteroatoms. The summed E-state index contributed by atoms with van der Waals surface area (Å²) in [6, 6.07) is 0. The summed E-state index contributed by atoms with van der Waals surface area (Å²) in [5.74, 6) is 7.19. The Morgan fingerprint density at radius 1 is 1.50 bits per heavy atom. The lowest BCUT2D eigenvalue weighted by Gasteiger charge is -2.12. The number of halogens is 1. The highest BCUT2D eigenvalue weighted by molar-refractivity contribution is 9.10. The van der Waals surface area contributed by atoms with Crippen LogP contribution < -0.4 is 16.6 Å². The van der Waals surface area contributed by atoms with Gasteiger partial charge in [0.25, 0.3) is 0 Å². The van der Waals surface area contributed by atoms with Crippen molar-refractivity contribution in [2.75, 3.05) is 30.5 Å². The summed E-state index contributed by atoms with van der Waals surface area (Å²) in [4.78, 5) is 8.12. The Balaban J connectivity index is 1.97. The molecule has 0 aromatic carbocycles. The van der Waals surface area contributed by atoms with Gasteiger partial charge in [-0.1, -0.05) is 0 Å². The van der Waals surface area contributed by atoms with Crippen molar-refractivity contribution in [3.8, 4) is 0 Å². The van der Waals surface area contributed by atoms with Crippen LogP contribution in [0.1, 0.15) is 6.42 Å². The van der Waals surface area contributed by atoms with Crippen molar-refractivity contribution in [2.24, 2.45) is 11.8 Å². The van der Waals surface area contributed by atoms with Crippen LogP contribution in [0, 0.1) is 5.92 Å². The van der Waals surface area contributed by atoms with Gasteiger partial charge in [-0.05, 0) is 22.4 Å². The molecule has 1 aromatic rings. The molecule has 1 aromatic heterocycles. The predicted octanol–water partition coefficient (Wildman–Crippen LogP) is 0.973. The highest BCUT2D eigenvalue weighted by atomic mass is 79.9. The average molecular weight is 288 g/mol. The normalized spacial score (nSPS) is 19.8. The molecule has 16 heavy (non-hydrogen) atoms. The smallest absolute Gasteiger partial charge is 0.159 e. The second kappa shape index (κ2) is 5.42. The van der Waals surface area contributed by atoms with Gasteiger partial charge in [-0.25, -0.2) is 15.8 Å². The zero-order valence-electron chi connectivity index (χ0n) is 8.74. The van der Waals surface area contributed by atoms with E-state index >= 15 is 0 Å². The summed E-state index contributed by atoms with van der Waals surface area (Å²) in [6.45, 7) is 2.52. The van der Waals surface area contributed by atoms with Crippen molar-refractivity contribution in [3.05, 3.63) is 10.8 Å². The molecule has 0 radical (unpaired) electrons. The second-order valence-corrected chi connectivity index (χ2v) is 4.43. The van der Waals surface area contributed by atoms with E-state index < -0.39 is 0 Å². The Bertz CT molecular complexity index is 356. The molecule has 0 bridgehead atoms. The molecule has 1 aliphatic heterocycles. The van der Waals surface area contributed by atoms with Crippen LogP contribution in [0.15, 0.2) is 10.8 Å². The molecule has 0 aliphatic carbocycles. The number of rotatable bonds is 4. The first-order valence-electron chi connectivity index (χ1n) is 5.10. The number of nitrogens with two attached hydrogens (primary N) is 1. The summed E-state index contributed by atoms with van der Waals surface area (Å²) in [7, 11) is 0. The minimum atomic E-state index is 0.552. The van der Waals surface area contributed by atoms with Crippen molar-refractivity contribution < 1.29 is 4.74 Å². The lowest BCUT2D eigenvalue weighted by Crippen LogP contribution is -2.16. The average Bonchev–Trinajstić information content (AvgIpc) is 2.81. The zero-order valence-corrected chi connectivity index (χ0v) is 10.3. The Morgan fingerprint density at radius 2 is 2.31 bits per heavy atom. The number of anilines is 2. The van der Waals surface area contributed by atoms with E-state index in [0.29, 0.717) is 11.7 Å². The molecule has 0 amide bonds. The maximum Gasteiger partial charge on any atom is 0.159 e. The number of aromatic nitrogens is 2. The molecule has 1 unspecified atom stereocenters. The molecule has 1 aliphatic rings. The minimum absolute atomic E-state index is 0.552. The van der Waals surface area contributed by atoms with E-state index in [9.17, 15) is 0 Å². The molecular weight excluding hydrogens is 274 g/mol. The number of nitrogens with one attached hydrogen (secondary N) is 2. The fraction of sp³-hybridized carbons (Fsp3) is 0.556. The molecule has 0 spiro atoms. The van der Waals surface area contributed by atoms with Crippen molar-refractivity contribution in [3.63, 3.8) is 0 Å². The van der Waals surface area contributed by atoms with Gasteiger partial charge < -0.3 is 15.5 Å². The van der Waals surface area contributed by atoms with Gasteiger partial charge in [0.05, 0.1) is 6.61 Å². The van der Waals surface area contributed by atoms with E-state index in [1.807, 2.05) is 0 Å². The van der Waals surface area contributed by atoms with Crippen molar-refractivity contribution in [1.82, 2.24) is 9.97 Å². The molecule has 4 N–H and O–H groups in total. The number of nitrogens with zero attached hydrogens (tertiary/aromatic N) is 2. The quantitative estimate of drug-likeness (QED) is 0.565. The van der Waals surface area contributed by atoms with E-state index in [2.05, 4.69) is 36.6 Å². The van der Waals surface area contributed by atoms with Crippen LogP contribution in [-0.2, 0) is 4.74 Å². The lowest BCUT2D eigenvalue weighted by atomic mass is 10.1. The number of ether oxygens (including phenoxy) is 1. The van der Waals surface area contributed by atoms with Crippen LogP contribution in [0.5, 0.6) is 0 Å². The second-order valence-electron chi connectivity index (χ2n) is 3.64. The van der Waals surface area contributed by atoms with Gasteiger partial charge in [0.2, 0.25) is 0 Å². The van der Waals surface area contributed by atoms with E-state index in [0.717, 1.165) is 36.5 Å². The van der Waals surface area contributed by atoms with E-state index in [4.69, 9.17) is 10.6 Å². The van der Waals surface area contributed by atoms with Crippen LogP contribution in [0.25, 0.3) is 0 Å². The van der Waals surface area contributed by atoms with Gasteiger partial charge >= 0.3 is 0 Å². The fourth-order valence-corrected chi connectivity index (χ4v) is 2.04. The first-order valence-corrected chi connectivity index (χ1v) is 5.89. The highest BCUT2D eigenvalue weighted by Crippen LogP contribution is 2.26. The van der Waals surface area contributed by atoms with Gasteiger partial charge in [0.1, 0.15) is 16.6 Å². The summed E-state index contributed by atoms with van der Waals surface area (Å²) in [6.07, 6.45) is 2.56. The Kier molecular flexibility index (Phi) is 3.92. The largest absolute Gasteiger partial charge is 0.381 e. The predicted molar refractivity (Wildman–Crippen MR) is 65.0 cm³/mol. The lowest BCUT2D eigenvalue weighted by molar-refractivity contribution is 0.187. The third-order valence-corrected chi connectivity index (χ3v) is 3.26. The number of nitrogen functional groups attached to an aromatic ring is 1. The number of hydrogen-bond donors (Lipinski definition) is 3. The summed E-state index contributed by atoms with van der Waals surface area (Å²) in [5, 5.41) is 3.26. The van der Waals surface area contributed by atoms with E-state index in [1.165, 1.54) is 6.33 Å². The van der Waals surface area contributed by atoms with Crippen molar-refractivity contribution >= 4 is 27.6 Å². The molecule has 2 rings (SSSR count). The topological polar surface area (TPSA) is 85.1 Å². The molecular formula is C9H14BrN5O. The fourth-order valence-electron chi connectivity index (χ4n) is 1.58. The molecule has 0 saturated carbocycles. The Morgan fingerprint density at radius 3 is 3.00 bits per heavy atom. The van der Waals surface area contributed by atoms with Crippen LogP contribution in [0.2, 0.25) is 0 Å². The van der Waals surface area contributed by atoms with Crippen LogP contribution in [-0.4, -0.2) is 29.7 Å². The molecule has 1 atom stereocenters. The van der Waals surface area contributed by atoms with Crippen LogP contribution in [0.3, 0.4) is 0 Å². The first-order chi connectivity index (χ1) is 7.81. The monoisotopic (exact) mass is 287 g/mol. The van der Waals surface area contributed by atoms with Crippen LogP contribution >= 0.6 is 15.9 Å². The molecule has 2 heterocycles. The van der Waals surface area contributed by atoms with Gasteiger partial charge in [-0.15, -0.1) is 0 Å². The number of hydrogen-bond acceptors (Lipinski definition) is 6. The molecule has 6 nitrogen and oxygen atoms in total. The van der Waals surface area contributed by atoms with Gasteiger partial charge in [-0.2, -0.15) is 0 Å².